The van der Waals surface area contributed by atoms with Crippen molar-refractivity contribution in [1.29, 1.82) is 0 Å². The molecule has 3 aromatic rings. The molecule has 12 heteroatoms. The van der Waals surface area contributed by atoms with Crippen LogP contribution < -0.4 is 15.4 Å². The first-order chi connectivity index (χ1) is 16.4. The fourth-order valence-electron chi connectivity index (χ4n) is 3.04. The van der Waals surface area contributed by atoms with E-state index in [0.29, 0.717) is 44.6 Å². The molecule has 1 atom stereocenters. The number of carbonyl (C=O) groups excluding carboxylic acids is 2. The number of thioether (sulfide) groups is 1. The Bertz CT molecular complexity index is 1160. The molecule has 0 aliphatic rings. The van der Waals surface area contributed by atoms with Gasteiger partial charge in [-0.2, -0.15) is 0 Å². The second-order valence-electron chi connectivity index (χ2n) is 6.98. The van der Waals surface area contributed by atoms with Gasteiger partial charge in [0.1, 0.15) is 11.8 Å². The Hall–Kier alpha value is -2.79. The summed E-state index contributed by atoms with van der Waals surface area (Å²) in [5.74, 6) is 0.410. The van der Waals surface area contributed by atoms with Crippen molar-refractivity contribution in [2.24, 2.45) is 0 Å². The zero-order valence-corrected chi connectivity index (χ0v) is 20.7. The first-order valence-corrected chi connectivity index (χ1v) is 12.0. The van der Waals surface area contributed by atoms with Crippen LogP contribution in [0.2, 0.25) is 10.0 Å². The van der Waals surface area contributed by atoms with Crippen LogP contribution in [0.1, 0.15) is 29.1 Å². The molecule has 0 aliphatic heterocycles. The number of ether oxygens (including phenoxy) is 1. The summed E-state index contributed by atoms with van der Waals surface area (Å²) >= 11 is 13.2. The lowest BCUT2D eigenvalue weighted by Crippen LogP contribution is -2.32. The summed E-state index contributed by atoms with van der Waals surface area (Å²) in [6, 6.07) is 10.6. The Morgan fingerprint density at radius 3 is 2.53 bits per heavy atom. The van der Waals surface area contributed by atoms with E-state index < -0.39 is 6.04 Å². The third-order valence-corrected chi connectivity index (χ3v) is 6.27. The minimum Gasteiger partial charge on any atom is -0.497 e. The average Bonchev–Trinajstić information content (AvgIpc) is 3.25. The molecule has 0 aliphatic carbocycles. The highest BCUT2D eigenvalue weighted by molar-refractivity contribution is 7.99. The van der Waals surface area contributed by atoms with Gasteiger partial charge in [-0.05, 0) is 49.4 Å². The maximum atomic E-state index is 12.6. The van der Waals surface area contributed by atoms with Crippen LogP contribution in [0.15, 0.2) is 47.6 Å². The molecule has 0 radical (unpaired) electrons. The molecule has 34 heavy (non-hydrogen) atoms. The summed E-state index contributed by atoms with van der Waals surface area (Å²) in [5.41, 5.74) is 0.866. The Morgan fingerprint density at radius 2 is 1.91 bits per heavy atom. The van der Waals surface area contributed by atoms with Gasteiger partial charge in [0.15, 0.2) is 11.0 Å². The van der Waals surface area contributed by atoms with E-state index in [2.05, 4.69) is 20.8 Å². The molecule has 0 spiro atoms. The Balaban J connectivity index is 1.66. The molecule has 0 saturated carbocycles. The molecule has 9 nitrogen and oxygen atoms in total. The largest absolute Gasteiger partial charge is 0.497 e. The highest BCUT2D eigenvalue weighted by Gasteiger charge is 2.23. The van der Waals surface area contributed by atoms with Crippen LogP contribution in [-0.4, -0.2) is 51.2 Å². The van der Waals surface area contributed by atoms with E-state index >= 15 is 0 Å². The summed E-state index contributed by atoms with van der Waals surface area (Å²) < 4.78 is 6.84. The maximum absolute atomic E-state index is 12.6. The second kappa shape index (κ2) is 12.1. The lowest BCUT2D eigenvalue weighted by Gasteiger charge is -2.17. The van der Waals surface area contributed by atoms with Gasteiger partial charge in [0.05, 0.1) is 30.2 Å². The molecule has 2 amide bonds. The topological polar surface area (TPSA) is 118 Å². The summed E-state index contributed by atoms with van der Waals surface area (Å²) in [4.78, 5) is 25.0. The maximum Gasteiger partial charge on any atom is 0.251 e. The summed E-state index contributed by atoms with van der Waals surface area (Å²) in [6.07, 6.45) is 0. The van der Waals surface area contributed by atoms with Gasteiger partial charge in [-0.25, -0.2) is 0 Å². The van der Waals surface area contributed by atoms with E-state index in [0.717, 1.165) is 0 Å². The van der Waals surface area contributed by atoms with Gasteiger partial charge in [-0.15, -0.1) is 10.2 Å². The molecular formula is C22H23Cl2N5O4S. The number of aliphatic hydroxyl groups is 1. The predicted octanol–water partition coefficient (Wildman–Crippen LogP) is 3.81. The van der Waals surface area contributed by atoms with E-state index in [9.17, 15) is 14.7 Å². The van der Waals surface area contributed by atoms with Crippen LogP contribution in [-0.2, 0) is 11.3 Å². The molecule has 1 heterocycles. The number of anilines is 1. The summed E-state index contributed by atoms with van der Waals surface area (Å²) in [5, 5.41) is 25.0. The number of carbonyl (C=O) groups is 2. The highest BCUT2D eigenvalue weighted by atomic mass is 35.5. The monoisotopic (exact) mass is 523 g/mol. The van der Waals surface area contributed by atoms with Gasteiger partial charge >= 0.3 is 0 Å². The molecule has 0 bridgehead atoms. The normalized spacial score (nSPS) is 11.7. The third-order valence-electron chi connectivity index (χ3n) is 4.75. The van der Waals surface area contributed by atoms with Gasteiger partial charge in [0.2, 0.25) is 5.91 Å². The molecule has 3 rings (SSSR count). The fraction of sp³-hybridized carbons (Fsp3) is 0.273. The zero-order valence-electron chi connectivity index (χ0n) is 18.4. The minimum atomic E-state index is -0.780. The van der Waals surface area contributed by atoms with Crippen molar-refractivity contribution in [3.63, 3.8) is 0 Å². The van der Waals surface area contributed by atoms with Crippen molar-refractivity contribution in [1.82, 2.24) is 20.1 Å². The summed E-state index contributed by atoms with van der Waals surface area (Å²) in [7, 11) is 1.54. The smallest absolute Gasteiger partial charge is 0.251 e. The number of halogens is 2. The van der Waals surface area contributed by atoms with Gasteiger partial charge in [0, 0.05) is 17.1 Å². The number of rotatable bonds is 10. The lowest BCUT2D eigenvalue weighted by atomic mass is 10.2. The van der Waals surface area contributed by atoms with Crippen LogP contribution in [0.3, 0.4) is 0 Å². The molecular weight excluding hydrogens is 501 g/mol. The minimum absolute atomic E-state index is 0.0547. The van der Waals surface area contributed by atoms with Crippen molar-refractivity contribution in [2.75, 3.05) is 24.8 Å². The lowest BCUT2D eigenvalue weighted by molar-refractivity contribution is -0.113. The SMILES string of the molecule is CCn1c(SCC(=O)Nc2ccc(Cl)cc2Cl)nnc1C(CO)NC(=O)c1ccc(OC)cc1. The number of nitrogens with one attached hydrogen (secondary N) is 2. The number of aliphatic hydroxyl groups excluding tert-OH is 1. The van der Waals surface area contributed by atoms with Crippen molar-refractivity contribution in [3.05, 3.63) is 63.9 Å². The van der Waals surface area contributed by atoms with Crippen LogP contribution in [0.5, 0.6) is 5.75 Å². The molecule has 180 valence electrons. The molecule has 1 aromatic heterocycles. The van der Waals surface area contributed by atoms with Crippen LogP contribution in [0.4, 0.5) is 5.69 Å². The van der Waals surface area contributed by atoms with E-state index in [-0.39, 0.29) is 24.2 Å². The number of amides is 2. The first-order valence-electron chi connectivity index (χ1n) is 10.2. The first kappa shape index (κ1) is 25.8. The Labute approximate surface area is 210 Å². The number of methoxy groups -OCH3 is 1. The molecule has 1 unspecified atom stereocenters. The molecule has 3 N–H and O–H groups in total. The van der Waals surface area contributed by atoms with E-state index in [1.54, 1.807) is 54.1 Å². The number of hydrogen-bond donors (Lipinski definition) is 3. The van der Waals surface area contributed by atoms with E-state index in [4.69, 9.17) is 27.9 Å². The molecule has 0 saturated heterocycles. The van der Waals surface area contributed by atoms with Crippen molar-refractivity contribution < 1.29 is 19.4 Å². The summed E-state index contributed by atoms with van der Waals surface area (Å²) in [6.45, 7) is 1.98. The quantitative estimate of drug-likeness (QED) is 0.345. The van der Waals surface area contributed by atoms with Gasteiger partial charge in [0.25, 0.3) is 5.91 Å². The predicted molar refractivity (Wildman–Crippen MR) is 132 cm³/mol. The van der Waals surface area contributed by atoms with Crippen LogP contribution in [0, 0.1) is 0 Å². The standard InChI is InChI=1S/C22H23Cl2N5O4S/c1-3-29-20(18(11-30)26-21(32)13-4-7-15(33-2)8-5-13)27-28-22(29)34-12-19(31)25-17-9-6-14(23)10-16(17)24/h4-10,18,30H,3,11-12H2,1-2H3,(H,25,31)(H,26,32). The fourth-order valence-corrected chi connectivity index (χ4v) is 4.31. The van der Waals surface area contributed by atoms with Gasteiger partial charge in [-0.1, -0.05) is 35.0 Å². The van der Waals surface area contributed by atoms with Crippen molar-refractivity contribution in [2.45, 2.75) is 24.7 Å². The highest BCUT2D eigenvalue weighted by Crippen LogP contribution is 2.26. The Kier molecular flexibility index (Phi) is 9.17. The van der Waals surface area contributed by atoms with E-state index in [1.165, 1.54) is 11.8 Å². The molecule has 2 aromatic carbocycles. The number of benzene rings is 2. The van der Waals surface area contributed by atoms with Crippen LogP contribution >= 0.6 is 35.0 Å². The zero-order chi connectivity index (χ0) is 24.7. The third kappa shape index (κ3) is 6.41. The van der Waals surface area contributed by atoms with Crippen molar-refractivity contribution >= 4 is 52.5 Å². The van der Waals surface area contributed by atoms with Gasteiger partial charge < -0.3 is 25.0 Å². The number of aromatic nitrogens is 3. The van der Waals surface area contributed by atoms with Crippen molar-refractivity contribution in [3.8, 4) is 5.75 Å². The Morgan fingerprint density at radius 1 is 1.18 bits per heavy atom. The number of hydrogen-bond acceptors (Lipinski definition) is 7. The molecule has 0 fully saturated rings. The van der Waals surface area contributed by atoms with Crippen LogP contribution in [0.25, 0.3) is 0 Å². The van der Waals surface area contributed by atoms with Gasteiger partial charge in [-0.3, -0.25) is 9.59 Å². The second-order valence-corrected chi connectivity index (χ2v) is 8.77. The average molecular weight is 524 g/mol. The number of nitrogens with zero attached hydrogens (tertiary/aromatic N) is 3. The van der Waals surface area contributed by atoms with E-state index in [1.807, 2.05) is 6.92 Å².